The fraction of sp³-hybridized carbons (Fsp3) is 0.143. The average Bonchev–Trinajstić information content (AvgIpc) is 2.08. The summed E-state index contributed by atoms with van der Waals surface area (Å²) in [7, 11) is 0. The van der Waals surface area contributed by atoms with E-state index in [-0.39, 0.29) is 16.9 Å². The molecule has 0 aliphatic rings. The Labute approximate surface area is 75.8 Å². The summed E-state index contributed by atoms with van der Waals surface area (Å²) in [5, 5.41) is 0. The Kier molecular flexibility index (Phi) is 1.60. The van der Waals surface area contributed by atoms with Crippen molar-refractivity contribution in [3.05, 3.63) is 36.9 Å². The van der Waals surface area contributed by atoms with Crippen molar-refractivity contribution in [2.45, 2.75) is 6.92 Å². The third kappa shape index (κ3) is 1.15. The maximum Gasteiger partial charge on any atom is 0.327 e. The van der Waals surface area contributed by atoms with Gasteiger partial charge in [-0.1, -0.05) is 0 Å². The van der Waals surface area contributed by atoms with E-state index in [0.29, 0.717) is 0 Å². The molecule has 0 radical (unpaired) electrons. The number of hydrogen-bond acceptors (Lipinski definition) is 4. The maximum atomic E-state index is 11.2. The van der Waals surface area contributed by atoms with Gasteiger partial charge >= 0.3 is 5.69 Å². The lowest BCUT2D eigenvalue weighted by Gasteiger charge is -1.95. The summed E-state index contributed by atoms with van der Waals surface area (Å²) < 4.78 is 0. The van der Waals surface area contributed by atoms with Crippen LogP contribution < -0.4 is 16.8 Å². The smallest absolute Gasteiger partial charge is 0.313 e. The highest BCUT2D eigenvalue weighted by Gasteiger charge is 2.04. The van der Waals surface area contributed by atoms with Crippen LogP contribution in [0.1, 0.15) is 5.69 Å². The molecule has 0 spiro atoms. The molecule has 7 heteroatoms. The molecule has 0 aromatic carbocycles. The van der Waals surface area contributed by atoms with Crippen molar-refractivity contribution in [1.82, 2.24) is 19.9 Å². The molecule has 0 aliphatic carbocycles. The molecule has 14 heavy (non-hydrogen) atoms. The van der Waals surface area contributed by atoms with Gasteiger partial charge in [-0.2, -0.15) is 0 Å². The molecule has 0 amide bonds. The Morgan fingerprint density at radius 1 is 1.00 bits per heavy atom. The zero-order chi connectivity index (χ0) is 10.3. The van der Waals surface area contributed by atoms with Gasteiger partial charge in [0.1, 0.15) is 5.69 Å². The quantitative estimate of drug-likeness (QED) is 0.479. The van der Waals surface area contributed by atoms with Gasteiger partial charge in [-0.3, -0.25) is 19.6 Å². The molecular formula is C7H6N4O3. The molecule has 7 nitrogen and oxygen atoms in total. The van der Waals surface area contributed by atoms with Crippen molar-refractivity contribution in [3.8, 4) is 0 Å². The van der Waals surface area contributed by atoms with Gasteiger partial charge in [0.15, 0.2) is 11.2 Å². The van der Waals surface area contributed by atoms with Crippen LogP contribution in [0.5, 0.6) is 0 Å². The zero-order valence-electron chi connectivity index (χ0n) is 7.17. The molecule has 0 atom stereocenters. The summed E-state index contributed by atoms with van der Waals surface area (Å²) in [4.78, 5) is 43.5. The maximum absolute atomic E-state index is 11.2. The van der Waals surface area contributed by atoms with Crippen molar-refractivity contribution < 1.29 is 0 Å². The first-order valence-electron chi connectivity index (χ1n) is 3.81. The molecule has 2 aromatic heterocycles. The Morgan fingerprint density at radius 2 is 1.71 bits per heavy atom. The van der Waals surface area contributed by atoms with Crippen LogP contribution in [0.15, 0.2) is 14.4 Å². The first-order chi connectivity index (χ1) is 6.58. The number of nitrogens with zero attached hydrogens (tertiary/aromatic N) is 1. The van der Waals surface area contributed by atoms with Crippen molar-refractivity contribution in [2.75, 3.05) is 0 Å². The zero-order valence-corrected chi connectivity index (χ0v) is 7.17. The topological polar surface area (TPSA) is 111 Å². The Hall–Kier alpha value is -2.18. The van der Waals surface area contributed by atoms with Crippen LogP contribution in [0.25, 0.3) is 11.2 Å². The van der Waals surface area contributed by atoms with Crippen LogP contribution in [0.2, 0.25) is 0 Å². The van der Waals surface area contributed by atoms with E-state index < -0.39 is 16.8 Å². The van der Waals surface area contributed by atoms with E-state index in [1.807, 2.05) is 4.98 Å². The SMILES string of the molecule is Cc1nc2[nH]c(=O)[nH]c(=O)c2[nH]c1=O. The monoisotopic (exact) mass is 194 g/mol. The van der Waals surface area contributed by atoms with Gasteiger partial charge in [-0.25, -0.2) is 9.78 Å². The number of hydrogen-bond donors (Lipinski definition) is 3. The number of H-pyrrole nitrogens is 3. The number of aromatic nitrogens is 4. The minimum atomic E-state index is -0.659. The van der Waals surface area contributed by atoms with Crippen molar-refractivity contribution in [2.24, 2.45) is 0 Å². The third-order valence-corrected chi connectivity index (χ3v) is 1.77. The van der Waals surface area contributed by atoms with Gasteiger partial charge in [-0.15, -0.1) is 0 Å². The summed E-state index contributed by atoms with van der Waals surface area (Å²) in [5.41, 5.74) is -1.51. The second-order valence-corrected chi connectivity index (χ2v) is 2.78. The summed E-state index contributed by atoms with van der Waals surface area (Å²) in [6.45, 7) is 1.48. The molecule has 72 valence electrons. The van der Waals surface area contributed by atoms with E-state index in [1.165, 1.54) is 6.92 Å². The highest BCUT2D eigenvalue weighted by molar-refractivity contribution is 5.67. The van der Waals surface area contributed by atoms with Gasteiger partial charge in [-0.05, 0) is 6.92 Å². The largest absolute Gasteiger partial charge is 0.327 e. The van der Waals surface area contributed by atoms with Crippen LogP contribution in [0.3, 0.4) is 0 Å². The molecule has 3 N–H and O–H groups in total. The summed E-state index contributed by atoms with van der Waals surface area (Å²) in [5.74, 6) is 0. The highest BCUT2D eigenvalue weighted by Crippen LogP contribution is 1.92. The summed E-state index contributed by atoms with van der Waals surface area (Å²) >= 11 is 0. The number of fused-ring (bicyclic) bond motifs is 1. The second kappa shape index (κ2) is 2.66. The fourth-order valence-corrected chi connectivity index (χ4v) is 1.10. The van der Waals surface area contributed by atoms with E-state index >= 15 is 0 Å². The van der Waals surface area contributed by atoms with Gasteiger partial charge in [0.05, 0.1) is 0 Å². The van der Waals surface area contributed by atoms with Crippen LogP contribution >= 0.6 is 0 Å². The molecule has 0 aliphatic heterocycles. The Morgan fingerprint density at radius 3 is 2.43 bits per heavy atom. The number of rotatable bonds is 0. The average molecular weight is 194 g/mol. The highest BCUT2D eigenvalue weighted by atomic mass is 16.2. The van der Waals surface area contributed by atoms with Gasteiger partial charge < -0.3 is 4.98 Å². The van der Waals surface area contributed by atoms with Crippen molar-refractivity contribution >= 4 is 11.2 Å². The lowest BCUT2D eigenvalue weighted by molar-refractivity contribution is 1.01. The second-order valence-electron chi connectivity index (χ2n) is 2.78. The Balaban J connectivity index is 3.11. The van der Waals surface area contributed by atoms with Gasteiger partial charge in [0.25, 0.3) is 11.1 Å². The van der Waals surface area contributed by atoms with Gasteiger partial charge in [0, 0.05) is 0 Å². The van der Waals surface area contributed by atoms with E-state index in [2.05, 4.69) is 15.0 Å². The minimum absolute atomic E-state index is 0.0276. The van der Waals surface area contributed by atoms with Crippen LogP contribution in [-0.4, -0.2) is 19.9 Å². The Bertz CT molecular complexity index is 663. The third-order valence-electron chi connectivity index (χ3n) is 1.77. The summed E-state index contributed by atoms with van der Waals surface area (Å²) in [6.07, 6.45) is 0. The van der Waals surface area contributed by atoms with E-state index in [0.717, 1.165) is 0 Å². The molecular weight excluding hydrogens is 188 g/mol. The molecule has 0 unspecified atom stereocenters. The molecule has 0 fully saturated rings. The van der Waals surface area contributed by atoms with Gasteiger partial charge in [0.2, 0.25) is 0 Å². The molecule has 2 aromatic rings. The molecule has 2 heterocycles. The predicted molar refractivity (Wildman–Crippen MR) is 48.3 cm³/mol. The molecule has 0 saturated heterocycles. The van der Waals surface area contributed by atoms with E-state index in [1.54, 1.807) is 0 Å². The number of nitrogens with one attached hydrogen (secondary N) is 3. The minimum Gasteiger partial charge on any atom is -0.313 e. The lowest BCUT2D eigenvalue weighted by atomic mass is 10.4. The van der Waals surface area contributed by atoms with Crippen LogP contribution in [0.4, 0.5) is 0 Å². The van der Waals surface area contributed by atoms with Crippen molar-refractivity contribution in [3.63, 3.8) is 0 Å². The first-order valence-corrected chi connectivity index (χ1v) is 3.81. The van der Waals surface area contributed by atoms with E-state index in [4.69, 9.17) is 0 Å². The summed E-state index contributed by atoms with van der Waals surface area (Å²) in [6, 6.07) is 0. The standard InChI is InChI=1S/C7H6N4O3/c1-2-5(12)9-3-4(8-2)10-7(14)11-6(3)13/h1H3,(H,9,12)(H2,8,10,11,13,14). The van der Waals surface area contributed by atoms with Crippen LogP contribution in [-0.2, 0) is 0 Å². The van der Waals surface area contributed by atoms with E-state index in [9.17, 15) is 14.4 Å². The number of aromatic amines is 3. The van der Waals surface area contributed by atoms with Crippen LogP contribution in [0, 0.1) is 6.92 Å². The molecule has 2 rings (SSSR count). The fourth-order valence-electron chi connectivity index (χ4n) is 1.10. The molecule has 0 saturated carbocycles. The predicted octanol–water partition coefficient (Wildman–Crippen LogP) is -1.39. The first kappa shape index (κ1) is 8.42. The normalized spacial score (nSPS) is 10.6. The number of aryl methyl sites for hydroxylation is 1. The van der Waals surface area contributed by atoms with Crippen molar-refractivity contribution in [1.29, 1.82) is 0 Å². The lowest BCUT2D eigenvalue weighted by Crippen LogP contribution is -2.26. The molecule has 0 bridgehead atoms.